The van der Waals surface area contributed by atoms with E-state index in [0.717, 1.165) is 33.9 Å². The molecule has 3 aromatic rings. The maximum absolute atomic E-state index is 13.5. The van der Waals surface area contributed by atoms with Crippen molar-refractivity contribution in [1.29, 1.82) is 0 Å². The van der Waals surface area contributed by atoms with E-state index in [9.17, 15) is 4.79 Å². The van der Waals surface area contributed by atoms with E-state index in [0.29, 0.717) is 6.54 Å². The number of fused-ring (bicyclic) bond motifs is 1. The monoisotopic (exact) mass is 388 g/mol. The molecule has 5 heteroatoms. The lowest BCUT2D eigenvalue weighted by Crippen LogP contribution is -2.42. The molecule has 0 saturated carbocycles. The maximum Gasteiger partial charge on any atom is 0.253 e. The molecular formula is C24H24N2O3. The van der Waals surface area contributed by atoms with Crippen LogP contribution in [0.2, 0.25) is 0 Å². The van der Waals surface area contributed by atoms with Crippen LogP contribution in [0, 0.1) is 0 Å². The molecule has 0 radical (unpaired) electrons. The molecular weight excluding hydrogens is 364 g/mol. The summed E-state index contributed by atoms with van der Waals surface area (Å²) in [6.45, 7) is 0.502. The third kappa shape index (κ3) is 3.45. The quantitative estimate of drug-likeness (QED) is 0.634. The van der Waals surface area contributed by atoms with Crippen molar-refractivity contribution < 1.29 is 14.3 Å². The van der Waals surface area contributed by atoms with E-state index in [1.807, 2.05) is 84.9 Å². The third-order valence-electron chi connectivity index (χ3n) is 5.29. The third-order valence-corrected chi connectivity index (χ3v) is 5.29. The van der Waals surface area contributed by atoms with E-state index >= 15 is 0 Å². The Morgan fingerprint density at radius 2 is 1.66 bits per heavy atom. The standard InChI is InChI=1S/C24H24N2O3/c1-25(16-18-15-19(28-2)13-14-22(18)29-3)26-21-12-8-7-11-20(21)23(24(26)27)17-9-5-4-6-10-17/h4-15,23H,16H2,1-3H3. The lowest BCUT2D eigenvalue weighted by Gasteiger charge is -2.29. The molecule has 0 saturated heterocycles. The van der Waals surface area contributed by atoms with Gasteiger partial charge < -0.3 is 9.47 Å². The normalized spacial score (nSPS) is 15.5. The van der Waals surface area contributed by atoms with E-state index in [2.05, 4.69) is 0 Å². The summed E-state index contributed by atoms with van der Waals surface area (Å²) in [5, 5.41) is 3.70. The number of ether oxygens (including phenoxy) is 2. The fourth-order valence-electron chi connectivity index (χ4n) is 3.94. The number of hydrogen-bond acceptors (Lipinski definition) is 4. The molecule has 1 atom stereocenters. The van der Waals surface area contributed by atoms with Crippen molar-refractivity contribution in [1.82, 2.24) is 5.01 Å². The minimum atomic E-state index is -0.304. The number of rotatable bonds is 6. The molecule has 29 heavy (non-hydrogen) atoms. The topological polar surface area (TPSA) is 42.0 Å². The van der Waals surface area contributed by atoms with Gasteiger partial charge in [-0.25, -0.2) is 10.0 Å². The van der Waals surface area contributed by atoms with Gasteiger partial charge in [0.25, 0.3) is 5.91 Å². The SMILES string of the molecule is COc1ccc(OC)c(CN(C)N2C(=O)C(c3ccccc3)c3ccccc32)c1. The number of hydrazine groups is 1. The number of anilines is 1. The van der Waals surface area contributed by atoms with Crippen LogP contribution in [0.4, 0.5) is 5.69 Å². The number of para-hydroxylation sites is 1. The molecule has 0 aliphatic carbocycles. The van der Waals surface area contributed by atoms with Crippen LogP contribution in [0.1, 0.15) is 22.6 Å². The lowest BCUT2D eigenvalue weighted by atomic mass is 9.93. The molecule has 0 N–H and O–H groups in total. The second-order valence-corrected chi connectivity index (χ2v) is 7.05. The van der Waals surface area contributed by atoms with E-state index in [4.69, 9.17) is 9.47 Å². The van der Waals surface area contributed by atoms with Crippen LogP contribution in [0.5, 0.6) is 11.5 Å². The summed E-state index contributed by atoms with van der Waals surface area (Å²) < 4.78 is 10.9. The van der Waals surface area contributed by atoms with Crippen LogP contribution in [-0.4, -0.2) is 32.2 Å². The minimum Gasteiger partial charge on any atom is -0.497 e. The Morgan fingerprint density at radius 1 is 0.931 bits per heavy atom. The van der Waals surface area contributed by atoms with Crippen LogP contribution in [0.3, 0.4) is 0 Å². The van der Waals surface area contributed by atoms with E-state index < -0.39 is 0 Å². The first-order valence-electron chi connectivity index (χ1n) is 9.54. The molecule has 4 rings (SSSR count). The Labute approximate surface area is 171 Å². The van der Waals surface area contributed by atoms with E-state index in [-0.39, 0.29) is 11.8 Å². The summed E-state index contributed by atoms with van der Waals surface area (Å²) in [7, 11) is 5.20. The molecule has 0 fully saturated rings. The van der Waals surface area contributed by atoms with Gasteiger partial charge in [0.05, 0.1) is 25.8 Å². The Balaban J connectivity index is 1.69. The lowest BCUT2D eigenvalue weighted by molar-refractivity contribution is -0.121. The van der Waals surface area contributed by atoms with Gasteiger partial charge >= 0.3 is 0 Å². The summed E-state index contributed by atoms with van der Waals surface area (Å²) in [6.07, 6.45) is 0. The Bertz CT molecular complexity index is 1020. The number of hydrogen-bond donors (Lipinski definition) is 0. The zero-order chi connectivity index (χ0) is 20.4. The van der Waals surface area contributed by atoms with Gasteiger partial charge in [-0.05, 0) is 35.4 Å². The predicted octanol–water partition coefficient (Wildman–Crippen LogP) is 4.23. The van der Waals surface area contributed by atoms with Crippen molar-refractivity contribution in [3.8, 4) is 11.5 Å². The Kier molecular flexibility index (Phi) is 5.23. The van der Waals surface area contributed by atoms with Gasteiger partial charge in [-0.15, -0.1) is 0 Å². The number of benzene rings is 3. The van der Waals surface area contributed by atoms with Crippen LogP contribution >= 0.6 is 0 Å². The second kappa shape index (κ2) is 7.97. The largest absolute Gasteiger partial charge is 0.497 e. The van der Waals surface area contributed by atoms with Crippen LogP contribution < -0.4 is 14.5 Å². The maximum atomic E-state index is 13.5. The average Bonchev–Trinajstić information content (AvgIpc) is 3.06. The number of methoxy groups -OCH3 is 2. The van der Waals surface area contributed by atoms with Crippen molar-refractivity contribution >= 4 is 11.6 Å². The molecule has 1 aliphatic rings. The highest BCUT2D eigenvalue weighted by atomic mass is 16.5. The molecule has 0 aromatic heterocycles. The number of carbonyl (C=O) groups is 1. The zero-order valence-corrected chi connectivity index (χ0v) is 16.8. The molecule has 1 heterocycles. The second-order valence-electron chi connectivity index (χ2n) is 7.05. The van der Waals surface area contributed by atoms with Gasteiger partial charge in [-0.3, -0.25) is 4.79 Å². The van der Waals surface area contributed by atoms with Gasteiger partial charge in [0.15, 0.2) is 0 Å². The van der Waals surface area contributed by atoms with E-state index in [1.54, 1.807) is 19.2 Å². The molecule has 0 spiro atoms. The van der Waals surface area contributed by atoms with E-state index in [1.165, 1.54) is 0 Å². The van der Waals surface area contributed by atoms with Crippen molar-refractivity contribution in [3.63, 3.8) is 0 Å². The highest BCUT2D eigenvalue weighted by Gasteiger charge is 2.40. The van der Waals surface area contributed by atoms with Gasteiger partial charge in [0, 0.05) is 19.2 Å². The summed E-state index contributed by atoms with van der Waals surface area (Å²) >= 11 is 0. The van der Waals surface area contributed by atoms with Crippen molar-refractivity contribution in [2.45, 2.75) is 12.5 Å². The molecule has 1 unspecified atom stereocenters. The molecule has 5 nitrogen and oxygen atoms in total. The first-order chi connectivity index (χ1) is 14.1. The highest BCUT2D eigenvalue weighted by Crippen LogP contribution is 2.42. The first kappa shape index (κ1) is 19.0. The smallest absolute Gasteiger partial charge is 0.253 e. The predicted molar refractivity (Wildman–Crippen MR) is 113 cm³/mol. The fraction of sp³-hybridized carbons (Fsp3) is 0.208. The molecule has 0 bridgehead atoms. The van der Waals surface area contributed by atoms with Crippen LogP contribution in [-0.2, 0) is 11.3 Å². The summed E-state index contributed by atoms with van der Waals surface area (Å²) in [5.74, 6) is 1.26. The number of carbonyl (C=O) groups excluding carboxylic acids is 1. The first-order valence-corrected chi connectivity index (χ1v) is 9.54. The summed E-state index contributed by atoms with van der Waals surface area (Å²) in [4.78, 5) is 13.5. The fourth-order valence-corrected chi connectivity index (χ4v) is 3.94. The summed E-state index contributed by atoms with van der Waals surface area (Å²) in [6, 6.07) is 23.6. The molecule has 148 valence electrons. The number of nitrogens with zero attached hydrogens (tertiary/aromatic N) is 2. The molecule has 1 amide bonds. The van der Waals surface area contributed by atoms with Crippen molar-refractivity contribution in [2.75, 3.05) is 26.3 Å². The number of amides is 1. The van der Waals surface area contributed by atoms with Gasteiger partial charge in [0.1, 0.15) is 11.5 Å². The van der Waals surface area contributed by atoms with Crippen molar-refractivity contribution in [3.05, 3.63) is 89.5 Å². The zero-order valence-electron chi connectivity index (χ0n) is 16.8. The minimum absolute atomic E-state index is 0.0433. The molecule has 1 aliphatic heterocycles. The van der Waals surface area contributed by atoms with Gasteiger partial charge in [0.2, 0.25) is 0 Å². The Morgan fingerprint density at radius 3 is 2.38 bits per heavy atom. The van der Waals surface area contributed by atoms with Crippen molar-refractivity contribution in [2.24, 2.45) is 0 Å². The Hall–Kier alpha value is -3.31. The molecule has 3 aromatic carbocycles. The highest BCUT2D eigenvalue weighted by molar-refractivity contribution is 6.06. The van der Waals surface area contributed by atoms with Crippen LogP contribution in [0.25, 0.3) is 0 Å². The van der Waals surface area contributed by atoms with Gasteiger partial charge in [-0.2, -0.15) is 0 Å². The summed E-state index contributed by atoms with van der Waals surface area (Å²) in [5.41, 5.74) is 3.88. The van der Waals surface area contributed by atoms with Gasteiger partial charge in [-0.1, -0.05) is 48.5 Å². The average molecular weight is 388 g/mol. The van der Waals surface area contributed by atoms with Crippen LogP contribution in [0.15, 0.2) is 72.8 Å².